The molecular formula is C29H31N3O7. The summed E-state index contributed by atoms with van der Waals surface area (Å²) in [5.74, 6) is 1.15. The summed E-state index contributed by atoms with van der Waals surface area (Å²) in [5, 5.41) is 2.86. The van der Waals surface area contributed by atoms with Gasteiger partial charge in [0, 0.05) is 37.1 Å². The summed E-state index contributed by atoms with van der Waals surface area (Å²) in [5.41, 5.74) is -0.0397. The third-order valence-electron chi connectivity index (χ3n) is 7.30. The van der Waals surface area contributed by atoms with Gasteiger partial charge in [0.2, 0.25) is 5.91 Å². The second-order valence-electron chi connectivity index (χ2n) is 9.49. The van der Waals surface area contributed by atoms with Crippen LogP contribution in [0, 0.1) is 0 Å². The molecular weight excluding hydrogens is 502 g/mol. The molecule has 3 aromatic rings. The first-order valence-electron chi connectivity index (χ1n) is 12.8. The Bertz CT molecular complexity index is 1300. The van der Waals surface area contributed by atoms with Gasteiger partial charge in [0.15, 0.2) is 0 Å². The highest BCUT2D eigenvalue weighted by atomic mass is 16.5. The van der Waals surface area contributed by atoms with E-state index in [2.05, 4.69) is 5.32 Å². The molecule has 0 aliphatic carbocycles. The van der Waals surface area contributed by atoms with Gasteiger partial charge in [-0.25, -0.2) is 0 Å². The lowest BCUT2D eigenvalue weighted by molar-refractivity contribution is -0.128. The van der Waals surface area contributed by atoms with E-state index in [-0.39, 0.29) is 30.9 Å². The van der Waals surface area contributed by atoms with Crippen LogP contribution < -0.4 is 14.8 Å². The third kappa shape index (κ3) is 5.33. The van der Waals surface area contributed by atoms with Crippen molar-refractivity contribution in [1.29, 1.82) is 0 Å². The molecule has 5 rings (SSSR count). The van der Waals surface area contributed by atoms with Crippen molar-refractivity contribution in [3.8, 4) is 11.5 Å². The maximum absolute atomic E-state index is 13.9. The lowest BCUT2D eigenvalue weighted by Crippen LogP contribution is -2.59. The Morgan fingerprint density at radius 1 is 0.897 bits per heavy atom. The highest BCUT2D eigenvalue weighted by Gasteiger charge is 2.54. The fourth-order valence-electron chi connectivity index (χ4n) is 5.12. The zero-order valence-electron chi connectivity index (χ0n) is 21.9. The molecule has 3 heterocycles. The lowest BCUT2D eigenvalue weighted by Gasteiger charge is -2.44. The Kier molecular flexibility index (Phi) is 7.56. The molecule has 0 bridgehead atoms. The van der Waals surface area contributed by atoms with Crippen molar-refractivity contribution in [3.63, 3.8) is 0 Å². The summed E-state index contributed by atoms with van der Waals surface area (Å²) < 4.78 is 22.0. The largest absolute Gasteiger partial charge is 0.497 e. The summed E-state index contributed by atoms with van der Waals surface area (Å²) in [6.07, 6.45) is 2.28. The van der Waals surface area contributed by atoms with Crippen molar-refractivity contribution >= 4 is 17.7 Å². The molecule has 10 heteroatoms. The van der Waals surface area contributed by atoms with Crippen LogP contribution in [0.3, 0.4) is 0 Å². The van der Waals surface area contributed by atoms with Gasteiger partial charge in [0.25, 0.3) is 11.8 Å². The zero-order chi connectivity index (χ0) is 27.4. The second kappa shape index (κ2) is 11.2. The summed E-state index contributed by atoms with van der Waals surface area (Å²) in [6, 6.07) is 16.4. The van der Waals surface area contributed by atoms with Crippen molar-refractivity contribution in [1.82, 2.24) is 15.1 Å². The van der Waals surface area contributed by atoms with E-state index >= 15 is 0 Å². The number of benzene rings is 2. The van der Waals surface area contributed by atoms with E-state index in [4.69, 9.17) is 18.6 Å². The van der Waals surface area contributed by atoms with Gasteiger partial charge in [-0.15, -0.1) is 0 Å². The number of methoxy groups -OCH3 is 2. The van der Waals surface area contributed by atoms with Gasteiger partial charge >= 0.3 is 0 Å². The predicted molar refractivity (Wildman–Crippen MR) is 140 cm³/mol. The summed E-state index contributed by atoms with van der Waals surface area (Å²) >= 11 is 0. The number of carbonyl (C=O) groups is 3. The summed E-state index contributed by atoms with van der Waals surface area (Å²) in [4.78, 5) is 43.6. The van der Waals surface area contributed by atoms with Gasteiger partial charge < -0.3 is 28.8 Å². The molecule has 0 saturated carbocycles. The van der Waals surface area contributed by atoms with E-state index in [1.54, 1.807) is 84.7 Å². The van der Waals surface area contributed by atoms with Crippen LogP contribution in [0.4, 0.5) is 0 Å². The van der Waals surface area contributed by atoms with Crippen LogP contribution in [0.25, 0.3) is 0 Å². The predicted octanol–water partition coefficient (Wildman–Crippen LogP) is 3.09. The Labute approximate surface area is 226 Å². The first-order chi connectivity index (χ1) is 18.9. The van der Waals surface area contributed by atoms with Crippen LogP contribution in [0.2, 0.25) is 0 Å². The Morgan fingerprint density at radius 3 is 2.03 bits per heavy atom. The molecule has 1 spiro atoms. The first-order valence-corrected chi connectivity index (χ1v) is 12.8. The number of rotatable bonds is 7. The minimum atomic E-state index is -1.01. The molecule has 0 unspecified atom stereocenters. The molecule has 2 fully saturated rings. The molecule has 2 aromatic carbocycles. The molecule has 0 radical (unpaired) electrons. The third-order valence-corrected chi connectivity index (χ3v) is 7.30. The monoisotopic (exact) mass is 533 g/mol. The Balaban J connectivity index is 1.35. The van der Waals surface area contributed by atoms with Gasteiger partial charge in [-0.2, -0.15) is 0 Å². The van der Waals surface area contributed by atoms with E-state index in [0.29, 0.717) is 54.3 Å². The molecule has 10 nitrogen and oxygen atoms in total. The van der Waals surface area contributed by atoms with Crippen molar-refractivity contribution in [2.24, 2.45) is 0 Å². The number of carbonyl (C=O) groups excluding carboxylic acids is 3. The molecule has 204 valence electrons. The van der Waals surface area contributed by atoms with Crippen molar-refractivity contribution in [2.45, 2.75) is 31.2 Å². The van der Waals surface area contributed by atoms with Crippen molar-refractivity contribution < 1.29 is 33.0 Å². The number of amides is 3. The number of nitrogens with one attached hydrogen (secondary N) is 1. The van der Waals surface area contributed by atoms with Crippen molar-refractivity contribution in [2.75, 3.05) is 33.9 Å². The molecule has 2 aliphatic rings. The highest BCUT2D eigenvalue weighted by Crippen LogP contribution is 2.39. The van der Waals surface area contributed by atoms with Gasteiger partial charge in [-0.05, 0) is 60.7 Å². The number of hydrogen-bond acceptors (Lipinski definition) is 7. The summed E-state index contributed by atoms with van der Waals surface area (Å²) in [6.45, 7) is 0.998. The molecule has 39 heavy (non-hydrogen) atoms. The van der Waals surface area contributed by atoms with Gasteiger partial charge in [-0.3, -0.25) is 19.3 Å². The number of likely N-dealkylation sites (tertiary alicyclic amines) is 1. The average Bonchev–Trinajstić information content (AvgIpc) is 3.64. The first kappa shape index (κ1) is 26.3. The number of ether oxygens (including phenoxy) is 3. The fraction of sp³-hybridized carbons (Fsp3) is 0.345. The van der Waals surface area contributed by atoms with Crippen LogP contribution in [-0.2, 0) is 16.1 Å². The number of nitrogens with zero attached hydrogens (tertiary/aromatic N) is 2. The van der Waals surface area contributed by atoms with E-state index < -0.39 is 11.8 Å². The molecule has 1 aromatic heterocycles. The van der Waals surface area contributed by atoms with E-state index in [1.807, 2.05) is 0 Å². The quantitative estimate of drug-likeness (QED) is 0.497. The minimum Gasteiger partial charge on any atom is -0.497 e. The minimum absolute atomic E-state index is 0.0539. The number of furan rings is 1. The van der Waals surface area contributed by atoms with E-state index in [0.717, 1.165) is 0 Å². The van der Waals surface area contributed by atoms with Crippen LogP contribution in [0.1, 0.15) is 39.3 Å². The van der Waals surface area contributed by atoms with Crippen LogP contribution in [-0.4, -0.2) is 73.2 Å². The van der Waals surface area contributed by atoms with Crippen LogP contribution in [0.15, 0.2) is 71.3 Å². The molecule has 2 aliphatic heterocycles. The Hall–Kier alpha value is -4.31. The molecule has 1 atom stereocenters. The summed E-state index contributed by atoms with van der Waals surface area (Å²) in [7, 11) is 3.13. The average molecular weight is 534 g/mol. The standard InChI is InChI=1S/C29H31N3O7/c1-36-22-9-5-20(6-10-22)27(34)31-15-13-29(14-16-31)32(28(35)21-7-11-23(37-2)12-8-21)25(19-39-29)26(33)30-18-24-4-3-17-38-24/h3-12,17,25H,13-16,18-19H2,1-2H3,(H,30,33)/t25-/m1/s1. The normalized spacial score (nSPS) is 18.2. The number of piperidine rings is 1. The van der Waals surface area contributed by atoms with Gasteiger partial charge in [0.05, 0.1) is 33.6 Å². The van der Waals surface area contributed by atoms with Crippen LogP contribution >= 0.6 is 0 Å². The molecule has 1 N–H and O–H groups in total. The SMILES string of the molecule is COc1ccc(C(=O)N2CCC3(CC2)OC[C@H](C(=O)NCc2ccco2)N3C(=O)c2ccc(OC)cc2)cc1. The maximum Gasteiger partial charge on any atom is 0.256 e. The second-order valence-corrected chi connectivity index (χ2v) is 9.49. The fourth-order valence-corrected chi connectivity index (χ4v) is 5.12. The molecule has 3 amide bonds. The molecule has 2 saturated heterocycles. The maximum atomic E-state index is 13.9. The number of hydrogen-bond donors (Lipinski definition) is 1. The Morgan fingerprint density at radius 2 is 1.49 bits per heavy atom. The van der Waals surface area contributed by atoms with E-state index in [1.165, 1.54) is 6.26 Å². The van der Waals surface area contributed by atoms with Gasteiger partial charge in [0.1, 0.15) is 29.0 Å². The van der Waals surface area contributed by atoms with E-state index in [9.17, 15) is 14.4 Å². The van der Waals surface area contributed by atoms with Gasteiger partial charge in [-0.1, -0.05) is 0 Å². The topological polar surface area (TPSA) is 111 Å². The lowest BCUT2D eigenvalue weighted by atomic mass is 9.96. The zero-order valence-corrected chi connectivity index (χ0v) is 21.9. The highest BCUT2D eigenvalue weighted by molar-refractivity contribution is 5.99. The van der Waals surface area contributed by atoms with Crippen LogP contribution in [0.5, 0.6) is 11.5 Å². The van der Waals surface area contributed by atoms with Crippen molar-refractivity contribution in [3.05, 3.63) is 83.8 Å². The smallest absolute Gasteiger partial charge is 0.256 e.